The number of fused-ring (bicyclic) bond motifs is 1. The number of hydrogen-bond acceptors (Lipinski definition) is 3. The standard InChI is InChI=1S/C17H26N2O2/c1-4-19(10-11-21-5-2)17(20)15-12-13(3)18-16-9-7-6-8-14(15)16/h6-9,13,15,18H,4-5,10-12H2,1-3H3. The van der Waals surface area contributed by atoms with E-state index in [1.54, 1.807) is 0 Å². The molecular weight excluding hydrogens is 264 g/mol. The number of ether oxygens (including phenoxy) is 1. The van der Waals surface area contributed by atoms with E-state index in [1.165, 1.54) is 0 Å². The molecule has 2 unspecified atom stereocenters. The Kier molecular flexibility index (Phi) is 5.62. The van der Waals surface area contributed by atoms with Crippen molar-refractivity contribution in [2.24, 2.45) is 0 Å². The zero-order chi connectivity index (χ0) is 15.2. The Bertz CT molecular complexity index is 476. The number of rotatable bonds is 6. The molecule has 1 aliphatic heterocycles. The summed E-state index contributed by atoms with van der Waals surface area (Å²) in [7, 11) is 0. The van der Waals surface area contributed by atoms with Gasteiger partial charge in [-0.2, -0.15) is 0 Å². The van der Waals surface area contributed by atoms with Crippen LogP contribution in [-0.2, 0) is 9.53 Å². The fourth-order valence-corrected chi connectivity index (χ4v) is 2.93. The van der Waals surface area contributed by atoms with Gasteiger partial charge in [-0.3, -0.25) is 4.79 Å². The molecule has 2 atom stereocenters. The summed E-state index contributed by atoms with van der Waals surface area (Å²) in [5.41, 5.74) is 2.21. The Labute approximate surface area is 127 Å². The fraction of sp³-hybridized carbons (Fsp3) is 0.588. The number of carbonyl (C=O) groups is 1. The van der Waals surface area contributed by atoms with Gasteiger partial charge in [0.15, 0.2) is 0 Å². The van der Waals surface area contributed by atoms with Gasteiger partial charge in [0, 0.05) is 31.4 Å². The maximum Gasteiger partial charge on any atom is 0.230 e. The van der Waals surface area contributed by atoms with Crippen LogP contribution in [0.15, 0.2) is 24.3 Å². The number of carbonyl (C=O) groups excluding carboxylic acids is 1. The van der Waals surface area contributed by atoms with Gasteiger partial charge in [-0.25, -0.2) is 0 Å². The lowest BCUT2D eigenvalue weighted by Crippen LogP contribution is -2.40. The van der Waals surface area contributed by atoms with Crippen molar-refractivity contribution in [2.75, 3.05) is 31.6 Å². The number of amides is 1. The molecule has 1 aromatic carbocycles. The molecule has 4 heteroatoms. The Hall–Kier alpha value is -1.55. The number of hydrogen-bond donors (Lipinski definition) is 1. The zero-order valence-corrected chi connectivity index (χ0v) is 13.3. The van der Waals surface area contributed by atoms with Gasteiger partial charge in [0.05, 0.1) is 12.5 Å². The van der Waals surface area contributed by atoms with E-state index in [1.807, 2.05) is 30.9 Å². The molecule has 1 aliphatic rings. The van der Waals surface area contributed by atoms with Gasteiger partial charge < -0.3 is 15.0 Å². The summed E-state index contributed by atoms with van der Waals surface area (Å²) in [6, 6.07) is 8.46. The third-order valence-corrected chi connectivity index (χ3v) is 4.03. The van der Waals surface area contributed by atoms with Crippen LogP contribution >= 0.6 is 0 Å². The molecule has 4 nitrogen and oxygen atoms in total. The number of anilines is 1. The van der Waals surface area contributed by atoms with E-state index in [0.29, 0.717) is 25.8 Å². The maximum atomic E-state index is 12.9. The van der Waals surface area contributed by atoms with Crippen LogP contribution < -0.4 is 5.32 Å². The van der Waals surface area contributed by atoms with Crippen LogP contribution in [0.4, 0.5) is 5.69 Å². The summed E-state index contributed by atoms with van der Waals surface area (Å²) >= 11 is 0. The molecule has 1 N–H and O–H groups in total. The van der Waals surface area contributed by atoms with Crippen molar-refractivity contribution < 1.29 is 9.53 Å². The van der Waals surface area contributed by atoms with Crippen LogP contribution in [0.5, 0.6) is 0 Å². The van der Waals surface area contributed by atoms with Crippen molar-refractivity contribution in [3.05, 3.63) is 29.8 Å². The van der Waals surface area contributed by atoms with Crippen LogP contribution in [0.25, 0.3) is 0 Å². The van der Waals surface area contributed by atoms with E-state index < -0.39 is 0 Å². The van der Waals surface area contributed by atoms with Gasteiger partial charge in [-0.05, 0) is 38.8 Å². The highest BCUT2D eigenvalue weighted by Crippen LogP contribution is 2.35. The lowest BCUT2D eigenvalue weighted by molar-refractivity contribution is -0.133. The second-order valence-corrected chi connectivity index (χ2v) is 5.54. The first-order valence-electron chi connectivity index (χ1n) is 7.89. The second-order valence-electron chi connectivity index (χ2n) is 5.54. The molecule has 21 heavy (non-hydrogen) atoms. The number of likely N-dealkylation sites (N-methyl/N-ethyl adjacent to an activating group) is 1. The van der Waals surface area contributed by atoms with Crippen molar-refractivity contribution in [3.63, 3.8) is 0 Å². The Balaban J connectivity index is 2.14. The summed E-state index contributed by atoms with van der Waals surface area (Å²) in [4.78, 5) is 14.8. The fourth-order valence-electron chi connectivity index (χ4n) is 2.93. The lowest BCUT2D eigenvalue weighted by atomic mass is 9.86. The van der Waals surface area contributed by atoms with Crippen LogP contribution in [0.1, 0.15) is 38.7 Å². The lowest BCUT2D eigenvalue weighted by Gasteiger charge is -2.33. The van der Waals surface area contributed by atoms with Crippen LogP contribution in [0.2, 0.25) is 0 Å². The van der Waals surface area contributed by atoms with Gasteiger partial charge in [0.2, 0.25) is 5.91 Å². The van der Waals surface area contributed by atoms with Crippen LogP contribution in [0.3, 0.4) is 0 Å². The molecule has 0 aromatic heterocycles. The maximum absolute atomic E-state index is 12.9. The highest BCUT2D eigenvalue weighted by atomic mass is 16.5. The van der Waals surface area contributed by atoms with Crippen LogP contribution in [-0.4, -0.2) is 43.2 Å². The van der Waals surface area contributed by atoms with Crippen molar-refractivity contribution in [1.82, 2.24) is 4.90 Å². The van der Waals surface area contributed by atoms with Gasteiger partial charge in [-0.15, -0.1) is 0 Å². The molecule has 1 aromatic rings. The molecule has 2 rings (SSSR count). The van der Waals surface area contributed by atoms with Crippen molar-refractivity contribution in [2.45, 2.75) is 39.2 Å². The highest BCUT2D eigenvalue weighted by molar-refractivity contribution is 5.86. The number of nitrogens with zero attached hydrogens (tertiary/aromatic N) is 1. The topological polar surface area (TPSA) is 41.6 Å². The molecule has 0 aliphatic carbocycles. The van der Waals surface area contributed by atoms with Gasteiger partial charge in [-0.1, -0.05) is 18.2 Å². The Morgan fingerprint density at radius 2 is 2.14 bits per heavy atom. The molecule has 0 saturated carbocycles. The number of para-hydroxylation sites is 1. The van der Waals surface area contributed by atoms with E-state index in [-0.39, 0.29) is 11.8 Å². The van der Waals surface area contributed by atoms with Crippen molar-refractivity contribution >= 4 is 11.6 Å². The number of nitrogens with one attached hydrogen (secondary N) is 1. The van der Waals surface area contributed by atoms with E-state index in [9.17, 15) is 4.79 Å². The minimum absolute atomic E-state index is 0.0426. The van der Waals surface area contributed by atoms with E-state index in [4.69, 9.17) is 4.74 Å². The van der Waals surface area contributed by atoms with Crippen LogP contribution in [0, 0.1) is 0 Å². The normalized spacial score (nSPS) is 20.5. The summed E-state index contributed by atoms with van der Waals surface area (Å²) in [5, 5.41) is 3.46. The van der Waals surface area contributed by atoms with E-state index in [0.717, 1.165) is 24.2 Å². The predicted molar refractivity (Wildman–Crippen MR) is 85.6 cm³/mol. The summed E-state index contributed by atoms with van der Waals surface area (Å²) in [6.45, 7) is 8.84. The Morgan fingerprint density at radius 1 is 1.38 bits per heavy atom. The minimum Gasteiger partial charge on any atom is -0.382 e. The van der Waals surface area contributed by atoms with E-state index >= 15 is 0 Å². The summed E-state index contributed by atoms with van der Waals surface area (Å²) in [6.07, 6.45) is 0.848. The SMILES string of the molecule is CCOCCN(CC)C(=O)C1CC(C)Nc2ccccc21. The average Bonchev–Trinajstić information content (AvgIpc) is 2.50. The molecule has 0 fully saturated rings. The Morgan fingerprint density at radius 3 is 2.86 bits per heavy atom. The third-order valence-electron chi connectivity index (χ3n) is 4.03. The van der Waals surface area contributed by atoms with E-state index in [2.05, 4.69) is 24.4 Å². The predicted octanol–water partition coefficient (Wildman–Crippen LogP) is 2.86. The highest BCUT2D eigenvalue weighted by Gasteiger charge is 2.31. The third kappa shape index (κ3) is 3.76. The molecule has 1 amide bonds. The smallest absolute Gasteiger partial charge is 0.230 e. The molecule has 0 radical (unpaired) electrons. The molecule has 0 spiro atoms. The molecular formula is C17H26N2O2. The molecule has 116 valence electrons. The largest absolute Gasteiger partial charge is 0.382 e. The average molecular weight is 290 g/mol. The minimum atomic E-state index is -0.0426. The summed E-state index contributed by atoms with van der Waals surface area (Å²) < 4.78 is 5.39. The molecule has 0 bridgehead atoms. The molecule has 1 heterocycles. The summed E-state index contributed by atoms with van der Waals surface area (Å²) in [5.74, 6) is 0.178. The first-order chi connectivity index (χ1) is 10.2. The number of benzene rings is 1. The first kappa shape index (κ1) is 15.8. The van der Waals surface area contributed by atoms with Gasteiger partial charge in [0.25, 0.3) is 0 Å². The van der Waals surface area contributed by atoms with Gasteiger partial charge in [0.1, 0.15) is 0 Å². The second kappa shape index (κ2) is 7.46. The van der Waals surface area contributed by atoms with Gasteiger partial charge >= 0.3 is 0 Å². The quantitative estimate of drug-likeness (QED) is 0.819. The van der Waals surface area contributed by atoms with Crippen molar-refractivity contribution in [1.29, 1.82) is 0 Å². The molecule has 0 saturated heterocycles. The zero-order valence-electron chi connectivity index (χ0n) is 13.3. The first-order valence-corrected chi connectivity index (χ1v) is 7.89. The van der Waals surface area contributed by atoms with Crippen molar-refractivity contribution in [3.8, 4) is 0 Å². The monoisotopic (exact) mass is 290 g/mol.